The predicted molar refractivity (Wildman–Crippen MR) is 165 cm³/mol. The second kappa shape index (κ2) is 15.7. The van der Waals surface area contributed by atoms with Crippen molar-refractivity contribution in [3.63, 3.8) is 0 Å². The third-order valence-electron chi connectivity index (χ3n) is 7.34. The van der Waals surface area contributed by atoms with Gasteiger partial charge >= 0.3 is 6.80 Å². The lowest BCUT2D eigenvalue weighted by Crippen LogP contribution is -2.39. The second-order valence-electron chi connectivity index (χ2n) is 9.91. The highest BCUT2D eigenvalue weighted by atomic mass is 32.7. The van der Waals surface area contributed by atoms with Crippen LogP contribution in [-0.4, -0.2) is 127 Å². The number of hydrogen-bond acceptors (Lipinski definition) is 11. The van der Waals surface area contributed by atoms with Gasteiger partial charge in [-0.05, 0) is 35.6 Å². The summed E-state index contributed by atoms with van der Waals surface area (Å²) in [6.07, 6.45) is -5.45. The molecule has 0 saturated carbocycles. The van der Waals surface area contributed by atoms with Gasteiger partial charge in [-0.1, -0.05) is 18.2 Å². The number of anilines is 1. The van der Waals surface area contributed by atoms with Crippen LogP contribution in [0.25, 0.3) is 0 Å². The van der Waals surface area contributed by atoms with Gasteiger partial charge in [-0.2, -0.15) is 0 Å². The highest BCUT2D eigenvalue weighted by Crippen LogP contribution is 2.63. The lowest BCUT2D eigenvalue weighted by atomic mass is 9.50. The van der Waals surface area contributed by atoms with Gasteiger partial charge in [-0.15, -0.1) is 0 Å². The van der Waals surface area contributed by atoms with Gasteiger partial charge in [-0.3, -0.25) is 13.8 Å². The molecule has 2 saturated heterocycles. The van der Waals surface area contributed by atoms with E-state index >= 15 is 0 Å². The summed E-state index contributed by atoms with van der Waals surface area (Å²) >= 11 is 0.881. The van der Waals surface area contributed by atoms with Gasteiger partial charge in [0.2, 0.25) is 0 Å². The molecule has 1 aromatic heterocycles. The molecule has 1 amide bonds. The molecule has 1 aromatic carbocycles. The van der Waals surface area contributed by atoms with Crippen molar-refractivity contribution in [3.8, 4) is 0 Å². The maximum absolute atomic E-state index is 14.3. The molecule has 226 valence electrons. The first-order chi connectivity index (χ1) is 20.7. The minimum absolute atomic E-state index is 0.143. The predicted octanol–water partition coefficient (Wildman–Crippen LogP) is 0.429. The van der Waals surface area contributed by atoms with Crippen molar-refractivity contribution in [1.29, 1.82) is 0 Å². The Hall–Kier alpha value is -1.51. The Labute approximate surface area is 259 Å². The smallest absolute Gasteiger partial charge is 0.390 e. The van der Waals surface area contributed by atoms with Crippen LogP contribution in [-0.2, 0) is 45.4 Å². The van der Waals surface area contributed by atoms with Crippen molar-refractivity contribution in [2.75, 3.05) is 32.8 Å². The summed E-state index contributed by atoms with van der Waals surface area (Å²) in [5, 5.41) is 23.5. The van der Waals surface area contributed by atoms with Crippen molar-refractivity contribution in [2.24, 2.45) is 7.05 Å². The summed E-state index contributed by atoms with van der Waals surface area (Å²) in [4.78, 5) is 12.7. The molecule has 2 fully saturated rings. The number of ether oxygens (including phenoxy) is 4. The summed E-state index contributed by atoms with van der Waals surface area (Å²) in [7, 11) is 18.5. The van der Waals surface area contributed by atoms with Crippen LogP contribution in [0.2, 0.25) is 0 Å². The summed E-state index contributed by atoms with van der Waals surface area (Å²) in [5.74, 6) is 0.400. The van der Waals surface area contributed by atoms with E-state index in [1.165, 1.54) is 28.6 Å². The topological polar surface area (TPSA) is 147 Å². The molecule has 3 heterocycles. The van der Waals surface area contributed by atoms with Crippen molar-refractivity contribution in [1.82, 2.24) is 4.57 Å². The quantitative estimate of drug-likeness (QED) is 0.187. The zero-order valence-electron chi connectivity index (χ0n) is 24.1. The van der Waals surface area contributed by atoms with Crippen molar-refractivity contribution < 1.29 is 47.6 Å². The molecule has 3 unspecified atom stereocenters. The van der Waals surface area contributed by atoms with Gasteiger partial charge < -0.3 is 39.0 Å². The monoisotopic (exact) mass is 628 g/mol. The third-order valence-corrected chi connectivity index (χ3v) is 11.0. The summed E-state index contributed by atoms with van der Waals surface area (Å²) in [6.45, 7) is -4.84. The largest absolute Gasteiger partial charge is 0.394 e. The van der Waals surface area contributed by atoms with E-state index in [-0.39, 0.29) is 18.3 Å². The number of nitrogens with one attached hydrogen (secondary N) is 1. The first kappa shape index (κ1) is 34.4. The fraction of sp³-hybridized carbons (Fsp3) is 0.560. The maximum atomic E-state index is 14.3. The maximum Gasteiger partial charge on any atom is 0.390 e. The van der Waals surface area contributed by atoms with Crippen LogP contribution < -0.4 is 5.32 Å². The summed E-state index contributed by atoms with van der Waals surface area (Å²) in [5.41, 5.74) is 1.21. The molecule has 9 atom stereocenters. The lowest BCUT2D eigenvalue weighted by Gasteiger charge is -2.28. The van der Waals surface area contributed by atoms with E-state index < -0.39 is 62.0 Å². The van der Waals surface area contributed by atoms with Crippen LogP contribution in [0, 0.1) is 0 Å². The van der Waals surface area contributed by atoms with E-state index in [0.717, 1.165) is 11.4 Å². The average molecular weight is 628 g/mol. The van der Waals surface area contributed by atoms with E-state index in [1.54, 1.807) is 48.0 Å². The van der Waals surface area contributed by atoms with E-state index in [4.69, 9.17) is 43.5 Å². The molecule has 12 nitrogen and oxygen atoms in total. The number of benzene rings is 1. The van der Waals surface area contributed by atoms with Crippen molar-refractivity contribution >= 4 is 59.7 Å². The Morgan fingerprint density at radius 2 is 1.70 bits per heavy atom. The minimum atomic E-state index is -4.08. The second-order valence-corrected chi connectivity index (χ2v) is 13.9. The van der Waals surface area contributed by atoms with Gasteiger partial charge in [-0.25, -0.2) is 4.57 Å². The van der Waals surface area contributed by atoms with Gasteiger partial charge in [0, 0.05) is 65.8 Å². The van der Waals surface area contributed by atoms with Crippen LogP contribution in [0.5, 0.6) is 0 Å². The lowest BCUT2D eigenvalue weighted by molar-refractivity contribution is -0.0243. The van der Waals surface area contributed by atoms with E-state index in [9.17, 15) is 19.6 Å². The van der Waals surface area contributed by atoms with Crippen LogP contribution in [0.4, 0.5) is 5.82 Å². The zero-order valence-corrected chi connectivity index (χ0v) is 25.8. The molecule has 4 rings (SSSR count). The number of hydrogen-bond donors (Lipinski definition) is 3. The molecular formula is C25H33B4N2O10PS. The number of rotatable bonds is 15. The molecule has 2 aliphatic heterocycles. The van der Waals surface area contributed by atoms with Crippen LogP contribution >= 0.6 is 18.2 Å². The standard InChI is InChI=1S/C25H33B4N2O10PS/c1-31-15(9-10-18(31)30-25(34)14-7-5-4-6-8-14)13-43-42(35,38-12-17-19(33)21(36-2)23(28-26)40-17)41-20-16(11-32)39-24(29-27)22(20)37-3/h4-10,16-17,19-24,32-33H,11-13H2,1-3H3,(H,30,34)/t16-,17-,19?,20?,21+,22+,23-,24-,42?/m1/s1. The Bertz CT molecular complexity index is 1250. The average Bonchev–Trinajstić information content (AvgIpc) is 3.66. The first-order valence-electron chi connectivity index (χ1n) is 13.5. The Balaban J connectivity index is 1.51. The van der Waals surface area contributed by atoms with Crippen LogP contribution in [0.1, 0.15) is 16.1 Å². The van der Waals surface area contributed by atoms with Gasteiger partial charge in [0.05, 0.1) is 27.6 Å². The fourth-order valence-corrected chi connectivity index (χ4v) is 8.36. The van der Waals surface area contributed by atoms with E-state index in [1.807, 2.05) is 6.07 Å². The van der Waals surface area contributed by atoms with Crippen molar-refractivity contribution in [3.05, 3.63) is 53.7 Å². The van der Waals surface area contributed by atoms with Gasteiger partial charge in [0.15, 0.2) is 0 Å². The SMILES string of the molecule is [B][B][C@@H]1O[C@H](COP(=O)(OC2[C@@H](CO)O[C@@H]([B][B])[C@H]2OC)SCc2ccc(NC(=O)c3ccccc3)n2C)C(O)[C@@H]1OC. The van der Waals surface area contributed by atoms with Gasteiger partial charge in [0.25, 0.3) is 5.91 Å². The summed E-state index contributed by atoms with van der Waals surface area (Å²) < 4.78 is 50.3. The van der Waals surface area contributed by atoms with Crippen LogP contribution in [0.3, 0.4) is 0 Å². The Morgan fingerprint density at radius 3 is 2.30 bits per heavy atom. The zero-order chi connectivity index (χ0) is 31.1. The number of carbonyl (C=O) groups excluding carboxylic acids is 1. The minimum Gasteiger partial charge on any atom is -0.394 e. The molecule has 0 aliphatic carbocycles. The number of methoxy groups -OCH3 is 2. The van der Waals surface area contributed by atoms with E-state index in [2.05, 4.69) is 5.32 Å². The third kappa shape index (κ3) is 8.02. The molecule has 3 N–H and O–H groups in total. The Morgan fingerprint density at radius 1 is 1.05 bits per heavy atom. The molecule has 0 spiro atoms. The first-order valence-corrected chi connectivity index (χ1v) is 16.7. The van der Waals surface area contributed by atoms with Crippen LogP contribution in [0.15, 0.2) is 42.5 Å². The Kier molecular flexibility index (Phi) is 12.5. The molecule has 0 bridgehead atoms. The molecule has 43 heavy (non-hydrogen) atoms. The summed E-state index contributed by atoms with van der Waals surface area (Å²) in [6, 6.07) is 10.9. The molecule has 2 aliphatic rings. The molecular weight excluding hydrogens is 595 g/mol. The number of carbonyl (C=O) groups is 1. The normalized spacial score (nSPS) is 30.2. The van der Waals surface area contributed by atoms with Gasteiger partial charge in [0.1, 0.15) is 42.4 Å². The highest BCUT2D eigenvalue weighted by Gasteiger charge is 2.49. The fourth-order valence-electron chi connectivity index (χ4n) is 4.94. The van der Waals surface area contributed by atoms with Crippen molar-refractivity contribution in [2.45, 2.75) is 54.4 Å². The number of aliphatic hydroxyl groups is 2. The number of aliphatic hydroxyl groups excluding tert-OH is 2. The highest BCUT2D eigenvalue weighted by molar-refractivity contribution is 8.54. The molecule has 18 heteroatoms. The number of nitrogens with zero attached hydrogens (tertiary/aromatic N) is 1. The number of amides is 1. The molecule has 2 aromatic rings. The molecule has 6 radical (unpaired) electrons. The van der Waals surface area contributed by atoms with E-state index in [0.29, 0.717) is 17.1 Å². The number of aromatic nitrogens is 1.